The summed E-state index contributed by atoms with van der Waals surface area (Å²) in [6.45, 7) is 9.15. The van der Waals surface area contributed by atoms with E-state index in [1.165, 1.54) is 11.8 Å². The Morgan fingerprint density at radius 2 is 2.24 bits per heavy atom. The summed E-state index contributed by atoms with van der Waals surface area (Å²) in [5.74, 6) is -0.0441. The van der Waals surface area contributed by atoms with Crippen LogP contribution in [0.5, 0.6) is 0 Å². The molecule has 0 atom stereocenters. The van der Waals surface area contributed by atoms with E-state index in [1.54, 1.807) is 0 Å². The lowest BCUT2D eigenvalue weighted by Gasteiger charge is -2.38. The van der Waals surface area contributed by atoms with Crippen LogP contribution >= 0.6 is 11.8 Å². The van der Waals surface area contributed by atoms with Crippen LogP contribution in [0.2, 0.25) is 0 Å². The third kappa shape index (κ3) is 4.10. The molecule has 1 aromatic heterocycles. The van der Waals surface area contributed by atoms with Crippen molar-refractivity contribution in [3.05, 3.63) is 0 Å². The van der Waals surface area contributed by atoms with Gasteiger partial charge in [0.2, 0.25) is 5.95 Å². The highest BCUT2D eigenvalue weighted by molar-refractivity contribution is 7.99. The standard InChI is InChI=1S/C13H22N4O3S/c1-4-5-17-11(14-15-12(17)21-8-10(18)19)16-6-7-20-13(2,3)9-16/h4-9H2,1-3H3,(H,18,19). The van der Waals surface area contributed by atoms with Crippen molar-refractivity contribution in [2.75, 3.05) is 30.3 Å². The van der Waals surface area contributed by atoms with Gasteiger partial charge in [-0.25, -0.2) is 0 Å². The molecule has 0 aliphatic carbocycles. The molecule has 118 valence electrons. The van der Waals surface area contributed by atoms with E-state index in [-0.39, 0.29) is 11.4 Å². The molecule has 21 heavy (non-hydrogen) atoms. The van der Waals surface area contributed by atoms with Crippen molar-refractivity contribution in [3.8, 4) is 0 Å². The molecule has 0 radical (unpaired) electrons. The molecule has 0 unspecified atom stereocenters. The summed E-state index contributed by atoms with van der Waals surface area (Å²) >= 11 is 1.21. The highest BCUT2D eigenvalue weighted by Crippen LogP contribution is 2.26. The summed E-state index contributed by atoms with van der Waals surface area (Å²) in [4.78, 5) is 12.9. The van der Waals surface area contributed by atoms with Gasteiger partial charge >= 0.3 is 5.97 Å². The van der Waals surface area contributed by atoms with E-state index in [9.17, 15) is 4.79 Å². The molecule has 2 heterocycles. The Morgan fingerprint density at radius 1 is 1.48 bits per heavy atom. The highest BCUT2D eigenvalue weighted by atomic mass is 32.2. The van der Waals surface area contributed by atoms with E-state index in [1.807, 2.05) is 4.57 Å². The van der Waals surface area contributed by atoms with E-state index in [4.69, 9.17) is 9.84 Å². The van der Waals surface area contributed by atoms with Gasteiger partial charge in [-0.2, -0.15) is 0 Å². The Kier molecular flexibility index (Phi) is 5.10. The van der Waals surface area contributed by atoms with Crippen molar-refractivity contribution >= 4 is 23.7 Å². The Balaban J connectivity index is 2.20. The van der Waals surface area contributed by atoms with Crippen LogP contribution in [0.4, 0.5) is 5.95 Å². The number of thioether (sulfide) groups is 1. The smallest absolute Gasteiger partial charge is 0.313 e. The van der Waals surface area contributed by atoms with Gasteiger partial charge < -0.3 is 14.7 Å². The number of carbonyl (C=O) groups is 1. The van der Waals surface area contributed by atoms with Gasteiger partial charge in [-0.05, 0) is 20.3 Å². The zero-order chi connectivity index (χ0) is 15.5. The molecule has 1 aromatic rings. The third-order valence-electron chi connectivity index (χ3n) is 3.18. The lowest BCUT2D eigenvalue weighted by molar-refractivity contribution is -0.133. The summed E-state index contributed by atoms with van der Waals surface area (Å²) in [7, 11) is 0. The number of aromatic nitrogens is 3. The molecule has 1 aliphatic rings. The molecule has 1 N–H and O–H groups in total. The van der Waals surface area contributed by atoms with Gasteiger partial charge in [-0.15, -0.1) is 10.2 Å². The first-order valence-corrected chi connectivity index (χ1v) is 8.08. The first kappa shape index (κ1) is 16.1. The number of carboxylic acids is 1. The summed E-state index contributed by atoms with van der Waals surface area (Å²) in [5.41, 5.74) is -0.213. The van der Waals surface area contributed by atoms with E-state index >= 15 is 0 Å². The van der Waals surface area contributed by atoms with Gasteiger partial charge in [-0.1, -0.05) is 18.7 Å². The van der Waals surface area contributed by atoms with Crippen LogP contribution in [0.15, 0.2) is 5.16 Å². The average Bonchev–Trinajstić information content (AvgIpc) is 2.79. The number of carboxylic acid groups (broad SMARTS) is 1. The predicted octanol–water partition coefficient (Wildman–Crippen LogP) is 1.48. The van der Waals surface area contributed by atoms with Crippen molar-refractivity contribution in [1.82, 2.24) is 14.8 Å². The van der Waals surface area contributed by atoms with Crippen LogP contribution in [0, 0.1) is 0 Å². The van der Waals surface area contributed by atoms with E-state index in [0.717, 1.165) is 32.0 Å². The minimum Gasteiger partial charge on any atom is -0.481 e. The Hall–Kier alpha value is -1.28. The normalized spacial score (nSPS) is 18.0. The number of hydrogen-bond donors (Lipinski definition) is 1. The molecular weight excluding hydrogens is 292 g/mol. The number of rotatable bonds is 6. The van der Waals surface area contributed by atoms with Crippen molar-refractivity contribution in [2.45, 2.75) is 44.5 Å². The first-order chi connectivity index (χ1) is 9.93. The average molecular weight is 314 g/mol. The molecule has 0 spiro atoms. The first-order valence-electron chi connectivity index (χ1n) is 7.09. The number of nitrogens with zero attached hydrogens (tertiary/aromatic N) is 4. The zero-order valence-corrected chi connectivity index (χ0v) is 13.5. The Labute approximate surface area is 128 Å². The summed E-state index contributed by atoms with van der Waals surface area (Å²) < 4.78 is 7.73. The molecule has 0 amide bonds. The lowest BCUT2D eigenvalue weighted by atomic mass is 10.1. The Morgan fingerprint density at radius 3 is 2.86 bits per heavy atom. The number of morpholine rings is 1. The number of aliphatic carboxylic acids is 1. The molecule has 1 fully saturated rings. The summed E-state index contributed by atoms with van der Waals surface area (Å²) in [5, 5.41) is 17.9. The molecule has 0 aromatic carbocycles. The fourth-order valence-electron chi connectivity index (χ4n) is 2.35. The fraction of sp³-hybridized carbons (Fsp3) is 0.769. The molecule has 8 heteroatoms. The number of anilines is 1. The van der Waals surface area contributed by atoms with Gasteiger partial charge in [0.05, 0.1) is 18.0 Å². The van der Waals surface area contributed by atoms with Crippen LogP contribution in [-0.4, -0.2) is 56.9 Å². The molecule has 0 saturated carbocycles. The SMILES string of the molecule is CCCn1c(SCC(=O)O)nnc1N1CCOC(C)(C)C1. The largest absolute Gasteiger partial charge is 0.481 e. The van der Waals surface area contributed by atoms with Crippen LogP contribution in [0.3, 0.4) is 0 Å². The van der Waals surface area contributed by atoms with Crippen LogP contribution in [0.1, 0.15) is 27.2 Å². The van der Waals surface area contributed by atoms with Crippen LogP contribution in [0.25, 0.3) is 0 Å². The fourth-order valence-corrected chi connectivity index (χ4v) is 3.03. The molecule has 0 bridgehead atoms. The van der Waals surface area contributed by atoms with Crippen molar-refractivity contribution in [2.24, 2.45) is 0 Å². The quantitative estimate of drug-likeness (QED) is 0.797. The second kappa shape index (κ2) is 6.65. The number of hydrogen-bond acceptors (Lipinski definition) is 6. The minimum absolute atomic E-state index is 0.00352. The molecular formula is C13H22N4O3S. The maximum absolute atomic E-state index is 10.7. The van der Waals surface area contributed by atoms with Gasteiger partial charge in [-0.3, -0.25) is 9.36 Å². The number of ether oxygens (including phenoxy) is 1. The van der Waals surface area contributed by atoms with Crippen molar-refractivity contribution in [1.29, 1.82) is 0 Å². The lowest BCUT2D eigenvalue weighted by Crippen LogP contribution is -2.49. The Bertz CT molecular complexity index is 504. The predicted molar refractivity (Wildman–Crippen MR) is 80.9 cm³/mol. The summed E-state index contributed by atoms with van der Waals surface area (Å²) in [6.07, 6.45) is 0.944. The molecule has 2 rings (SSSR count). The maximum Gasteiger partial charge on any atom is 0.313 e. The van der Waals surface area contributed by atoms with E-state index in [2.05, 4.69) is 35.9 Å². The maximum atomic E-state index is 10.7. The molecule has 7 nitrogen and oxygen atoms in total. The van der Waals surface area contributed by atoms with E-state index < -0.39 is 5.97 Å². The van der Waals surface area contributed by atoms with E-state index in [0.29, 0.717) is 11.8 Å². The second-order valence-corrected chi connectivity index (χ2v) is 6.59. The van der Waals surface area contributed by atoms with Crippen molar-refractivity contribution in [3.63, 3.8) is 0 Å². The zero-order valence-electron chi connectivity index (χ0n) is 12.7. The summed E-state index contributed by atoms with van der Waals surface area (Å²) in [6, 6.07) is 0. The monoisotopic (exact) mass is 314 g/mol. The van der Waals surface area contributed by atoms with Gasteiger partial charge in [0.15, 0.2) is 5.16 Å². The molecule has 1 aliphatic heterocycles. The highest BCUT2D eigenvalue weighted by Gasteiger charge is 2.30. The van der Waals surface area contributed by atoms with Gasteiger partial charge in [0.25, 0.3) is 0 Å². The topological polar surface area (TPSA) is 80.5 Å². The van der Waals surface area contributed by atoms with Crippen LogP contribution < -0.4 is 4.90 Å². The second-order valence-electron chi connectivity index (χ2n) is 5.65. The van der Waals surface area contributed by atoms with Crippen molar-refractivity contribution < 1.29 is 14.6 Å². The third-order valence-corrected chi connectivity index (χ3v) is 4.13. The minimum atomic E-state index is -0.847. The molecule has 1 saturated heterocycles. The van der Waals surface area contributed by atoms with Gasteiger partial charge in [0.1, 0.15) is 0 Å². The van der Waals surface area contributed by atoms with Crippen LogP contribution in [-0.2, 0) is 16.1 Å². The van der Waals surface area contributed by atoms with Gasteiger partial charge in [0, 0.05) is 19.6 Å².